The van der Waals surface area contributed by atoms with Crippen LogP contribution in [0.15, 0.2) is 24.3 Å². The number of hydrogen-bond donors (Lipinski definition) is 2. The van der Waals surface area contributed by atoms with Crippen molar-refractivity contribution in [2.75, 3.05) is 25.0 Å². The summed E-state index contributed by atoms with van der Waals surface area (Å²) in [4.78, 5) is 23.7. The Kier molecular flexibility index (Phi) is 5.55. The van der Waals surface area contributed by atoms with Gasteiger partial charge in [0.25, 0.3) is 0 Å². The first-order chi connectivity index (χ1) is 8.41. The maximum Gasteiger partial charge on any atom is 0.349 e. The second-order valence-corrected chi connectivity index (χ2v) is 7.54. The molecule has 0 aliphatic rings. The minimum atomic E-state index is -0.809. The average Bonchev–Trinajstić information content (AvgIpc) is 2.27. The third-order valence-corrected chi connectivity index (χ3v) is 2.96. The fraction of sp³-hybridized carbons (Fsp3) is 0.333. The number of carbonyl (C=O) groups excluding carboxylic acids is 2. The minimum Gasteiger partial charge on any atom is -0.415 e. The number of thiol groups is 2. The Morgan fingerprint density at radius 1 is 0.833 bits per heavy atom. The Labute approximate surface area is 113 Å². The summed E-state index contributed by atoms with van der Waals surface area (Å²) in [5.74, 6) is -0.953. The molecular weight excluding hydrogens is 272 g/mol. The molecule has 1 rings (SSSR count). The van der Waals surface area contributed by atoms with Gasteiger partial charge in [0.15, 0.2) is 0 Å². The van der Waals surface area contributed by atoms with Crippen molar-refractivity contribution in [1.82, 2.24) is 0 Å². The van der Waals surface area contributed by atoms with Crippen molar-refractivity contribution in [2.24, 2.45) is 0 Å². The molecule has 0 amide bonds. The van der Waals surface area contributed by atoms with Crippen LogP contribution in [0.2, 0.25) is 0 Å². The Morgan fingerprint density at radius 3 is 1.44 bits per heavy atom. The van der Waals surface area contributed by atoms with Gasteiger partial charge in [-0.2, -0.15) is 0 Å². The molecular formula is C12H18O4S2. The van der Waals surface area contributed by atoms with Gasteiger partial charge in [-0.05, 0) is 37.2 Å². The lowest BCUT2D eigenvalue weighted by Crippen LogP contribution is -2.12. The van der Waals surface area contributed by atoms with Gasteiger partial charge in [0, 0.05) is 0 Å². The molecule has 0 spiro atoms. The lowest BCUT2D eigenvalue weighted by atomic mass is 10.1. The SMILES string of the molecule is C[SH](C)OC(=O)c1ccccc1C(=O)O[SH](C)C. The Balaban J connectivity index is 2.99. The van der Waals surface area contributed by atoms with E-state index in [0.29, 0.717) is 0 Å². The van der Waals surface area contributed by atoms with E-state index in [-0.39, 0.29) is 11.1 Å². The first-order valence-corrected chi connectivity index (χ1v) is 9.61. The Hall–Kier alpha value is -1.14. The highest BCUT2D eigenvalue weighted by Gasteiger charge is 2.19. The van der Waals surface area contributed by atoms with E-state index < -0.39 is 34.3 Å². The van der Waals surface area contributed by atoms with E-state index in [9.17, 15) is 9.59 Å². The zero-order chi connectivity index (χ0) is 13.7. The highest BCUT2D eigenvalue weighted by atomic mass is 32.2. The summed E-state index contributed by atoms with van der Waals surface area (Å²) in [6.45, 7) is 0. The molecule has 4 nitrogen and oxygen atoms in total. The van der Waals surface area contributed by atoms with Crippen molar-refractivity contribution in [2.45, 2.75) is 0 Å². The maximum atomic E-state index is 11.9. The van der Waals surface area contributed by atoms with Gasteiger partial charge in [-0.15, -0.1) is 22.4 Å². The first kappa shape index (κ1) is 14.9. The van der Waals surface area contributed by atoms with E-state index in [0.717, 1.165) is 0 Å². The van der Waals surface area contributed by atoms with Gasteiger partial charge >= 0.3 is 11.9 Å². The van der Waals surface area contributed by atoms with Crippen LogP contribution in [0.25, 0.3) is 0 Å². The molecule has 0 aliphatic carbocycles. The summed E-state index contributed by atoms with van der Waals surface area (Å²) >= 11 is -1.62. The van der Waals surface area contributed by atoms with Crippen molar-refractivity contribution in [3.05, 3.63) is 35.4 Å². The molecule has 6 heteroatoms. The third kappa shape index (κ3) is 4.27. The van der Waals surface area contributed by atoms with Crippen LogP contribution in [-0.4, -0.2) is 37.0 Å². The fourth-order valence-corrected chi connectivity index (χ4v) is 2.13. The van der Waals surface area contributed by atoms with E-state index in [1.165, 1.54) is 0 Å². The van der Waals surface area contributed by atoms with Crippen LogP contribution in [0, 0.1) is 0 Å². The number of carbonyl (C=O) groups is 2. The molecule has 0 aromatic heterocycles. The average molecular weight is 290 g/mol. The highest BCUT2D eigenvalue weighted by molar-refractivity contribution is 8.12. The van der Waals surface area contributed by atoms with Gasteiger partial charge in [-0.25, -0.2) is 9.59 Å². The topological polar surface area (TPSA) is 52.6 Å². The zero-order valence-electron chi connectivity index (χ0n) is 10.8. The van der Waals surface area contributed by atoms with Gasteiger partial charge in [0.05, 0.1) is 11.1 Å². The minimum absolute atomic E-state index is 0.260. The van der Waals surface area contributed by atoms with Crippen molar-refractivity contribution in [1.29, 1.82) is 0 Å². The molecule has 0 atom stereocenters. The second-order valence-electron chi connectivity index (χ2n) is 3.93. The van der Waals surface area contributed by atoms with Crippen LogP contribution in [0.3, 0.4) is 0 Å². The van der Waals surface area contributed by atoms with Gasteiger partial charge in [-0.3, -0.25) is 0 Å². The first-order valence-electron chi connectivity index (χ1n) is 5.30. The molecule has 1 aromatic rings. The molecule has 102 valence electrons. The number of benzene rings is 1. The monoisotopic (exact) mass is 290 g/mol. The molecule has 0 fully saturated rings. The summed E-state index contributed by atoms with van der Waals surface area (Å²) in [6, 6.07) is 6.54. The van der Waals surface area contributed by atoms with Gasteiger partial charge in [0.2, 0.25) is 0 Å². The molecule has 18 heavy (non-hydrogen) atoms. The van der Waals surface area contributed by atoms with E-state index in [4.69, 9.17) is 8.37 Å². The number of rotatable bonds is 4. The van der Waals surface area contributed by atoms with Gasteiger partial charge in [-0.1, -0.05) is 12.1 Å². The molecule has 0 bridgehead atoms. The smallest absolute Gasteiger partial charge is 0.349 e. The third-order valence-electron chi connectivity index (χ3n) is 1.90. The summed E-state index contributed by atoms with van der Waals surface area (Å²) in [5.41, 5.74) is 0.520. The van der Waals surface area contributed by atoms with Crippen molar-refractivity contribution < 1.29 is 18.0 Å². The van der Waals surface area contributed by atoms with Crippen LogP contribution in [-0.2, 0) is 8.37 Å². The van der Waals surface area contributed by atoms with E-state index in [1.54, 1.807) is 24.3 Å². The quantitative estimate of drug-likeness (QED) is 0.836. The van der Waals surface area contributed by atoms with E-state index in [2.05, 4.69) is 0 Å². The lowest BCUT2D eigenvalue weighted by Gasteiger charge is -2.14. The largest absolute Gasteiger partial charge is 0.415 e. The van der Waals surface area contributed by atoms with Gasteiger partial charge < -0.3 is 8.37 Å². The molecule has 0 heterocycles. The molecule has 0 unspecified atom stereocenters. The molecule has 0 aliphatic heterocycles. The number of hydrogen-bond acceptors (Lipinski definition) is 4. The van der Waals surface area contributed by atoms with Crippen molar-refractivity contribution in [3.63, 3.8) is 0 Å². The zero-order valence-corrected chi connectivity index (χ0v) is 12.6. The van der Waals surface area contributed by atoms with E-state index >= 15 is 0 Å². The molecule has 0 radical (unpaired) electrons. The summed E-state index contributed by atoms with van der Waals surface area (Å²) < 4.78 is 10.3. The molecule has 0 saturated heterocycles. The lowest BCUT2D eigenvalue weighted by molar-refractivity contribution is 0.0723. The van der Waals surface area contributed by atoms with Crippen LogP contribution in [0.1, 0.15) is 20.7 Å². The summed E-state index contributed by atoms with van der Waals surface area (Å²) in [7, 11) is 0. The van der Waals surface area contributed by atoms with Crippen LogP contribution >= 0.6 is 22.4 Å². The molecule has 1 aromatic carbocycles. The van der Waals surface area contributed by atoms with Crippen molar-refractivity contribution in [3.8, 4) is 0 Å². The molecule has 0 saturated carbocycles. The van der Waals surface area contributed by atoms with Crippen LogP contribution in [0.5, 0.6) is 0 Å². The fourth-order valence-electron chi connectivity index (χ4n) is 1.27. The predicted octanol–water partition coefficient (Wildman–Crippen LogP) is 2.35. The van der Waals surface area contributed by atoms with Crippen LogP contribution < -0.4 is 0 Å². The highest BCUT2D eigenvalue weighted by Crippen LogP contribution is 2.23. The maximum absolute atomic E-state index is 11.9. The molecule has 0 N–H and O–H groups in total. The Bertz CT molecular complexity index is 402. The second kappa shape index (κ2) is 6.70. The van der Waals surface area contributed by atoms with Crippen molar-refractivity contribution >= 4 is 34.3 Å². The standard InChI is InChI=1S/C12H18O4S2/c1-17(2)15-11(13)9-7-5-6-8-10(9)12(14)16-18(3)4/h5-8,17-18H,1-4H3. The summed E-state index contributed by atoms with van der Waals surface area (Å²) in [6.07, 6.45) is 7.30. The Morgan fingerprint density at radius 2 is 1.17 bits per heavy atom. The van der Waals surface area contributed by atoms with Crippen LogP contribution in [0.4, 0.5) is 0 Å². The summed E-state index contributed by atoms with van der Waals surface area (Å²) in [5, 5.41) is 0. The van der Waals surface area contributed by atoms with Gasteiger partial charge in [0.1, 0.15) is 0 Å². The predicted molar refractivity (Wildman–Crippen MR) is 78.9 cm³/mol. The normalized spacial score (nSPS) is 11.6. The van der Waals surface area contributed by atoms with E-state index in [1.807, 2.05) is 25.0 Å².